The molecule has 0 saturated heterocycles. The van der Waals surface area contributed by atoms with E-state index in [1.807, 2.05) is 0 Å². The molecule has 3 N–H and O–H groups in total. The molecule has 0 unspecified atom stereocenters. The summed E-state index contributed by atoms with van der Waals surface area (Å²) in [7, 11) is 0. The topological polar surface area (TPSA) is 66.0 Å². The second kappa shape index (κ2) is 10.1. The molecule has 0 aliphatic heterocycles. The van der Waals surface area contributed by atoms with Crippen molar-refractivity contribution in [3.8, 4) is 0 Å². The summed E-state index contributed by atoms with van der Waals surface area (Å²) in [6, 6.07) is 8.74. The first-order valence-electron chi connectivity index (χ1n) is 9.69. The summed E-state index contributed by atoms with van der Waals surface area (Å²) < 4.78 is 65.5. The quantitative estimate of drug-likeness (QED) is 0.264. The maximum Gasteiger partial charge on any atom is 0.446 e. The van der Waals surface area contributed by atoms with Crippen LogP contribution < -0.4 is 16.0 Å². The molecule has 0 saturated carbocycles. The fraction of sp³-hybridized carbons (Fsp3) is 0.182. The smallest absolute Gasteiger partial charge is 0.352 e. The molecule has 0 radical (unpaired) electrons. The van der Waals surface area contributed by atoms with Crippen LogP contribution in [0.25, 0.3) is 0 Å². The van der Waals surface area contributed by atoms with Gasteiger partial charge in [-0.2, -0.15) is 13.2 Å². The van der Waals surface area contributed by atoms with Crippen molar-refractivity contribution in [1.82, 2.24) is 10.3 Å². The Morgan fingerprint density at radius 2 is 1.79 bits per heavy atom. The van der Waals surface area contributed by atoms with Gasteiger partial charge >= 0.3 is 5.51 Å². The molecule has 11 heteroatoms. The van der Waals surface area contributed by atoms with Crippen molar-refractivity contribution in [3.63, 3.8) is 0 Å². The van der Waals surface area contributed by atoms with Crippen LogP contribution in [0.2, 0.25) is 0 Å². The molecule has 33 heavy (non-hydrogen) atoms. The lowest BCUT2D eigenvalue weighted by molar-refractivity contribution is -0.0328. The highest BCUT2D eigenvalue weighted by molar-refractivity contribution is 8.00. The van der Waals surface area contributed by atoms with E-state index in [-0.39, 0.29) is 27.7 Å². The van der Waals surface area contributed by atoms with Crippen LogP contribution in [-0.2, 0) is 0 Å². The summed E-state index contributed by atoms with van der Waals surface area (Å²) in [5, 5.41) is 8.25. The van der Waals surface area contributed by atoms with Gasteiger partial charge in [-0.3, -0.25) is 4.79 Å². The van der Waals surface area contributed by atoms with E-state index in [0.29, 0.717) is 17.8 Å². The lowest BCUT2D eigenvalue weighted by atomic mass is 10.2. The number of rotatable bonds is 7. The van der Waals surface area contributed by atoms with Crippen molar-refractivity contribution >= 4 is 40.5 Å². The van der Waals surface area contributed by atoms with Crippen LogP contribution in [0.3, 0.4) is 0 Å². The molecule has 0 spiro atoms. The number of amides is 1. The number of anilines is 4. The van der Waals surface area contributed by atoms with Gasteiger partial charge in [0.1, 0.15) is 17.5 Å². The predicted octanol–water partition coefficient (Wildman–Crippen LogP) is 6.52. The zero-order valence-electron chi connectivity index (χ0n) is 17.5. The molecule has 1 aromatic heterocycles. The van der Waals surface area contributed by atoms with E-state index < -0.39 is 34.8 Å². The average Bonchev–Trinajstić information content (AvgIpc) is 2.69. The first-order chi connectivity index (χ1) is 15.5. The van der Waals surface area contributed by atoms with Gasteiger partial charge in [-0.05, 0) is 73.6 Å². The van der Waals surface area contributed by atoms with Gasteiger partial charge in [0.15, 0.2) is 0 Å². The molecule has 0 atom stereocenters. The first kappa shape index (κ1) is 24.3. The fourth-order valence-electron chi connectivity index (χ4n) is 2.96. The number of hydrogen-bond acceptors (Lipinski definition) is 5. The third-order valence-electron chi connectivity index (χ3n) is 4.23. The summed E-state index contributed by atoms with van der Waals surface area (Å²) in [6.07, 6.45) is 1.31. The van der Waals surface area contributed by atoms with Crippen molar-refractivity contribution in [2.75, 3.05) is 17.2 Å². The Bertz CT molecular complexity index is 1150. The van der Waals surface area contributed by atoms with E-state index in [1.165, 1.54) is 24.4 Å². The molecular weight excluding hydrogens is 463 g/mol. The maximum atomic E-state index is 14.3. The number of aromatic nitrogens is 1. The van der Waals surface area contributed by atoms with Gasteiger partial charge in [-0.25, -0.2) is 13.8 Å². The van der Waals surface area contributed by atoms with Gasteiger partial charge in [0.05, 0.1) is 23.1 Å². The van der Waals surface area contributed by atoms with Gasteiger partial charge in [0, 0.05) is 17.1 Å². The highest BCUT2D eigenvalue weighted by Crippen LogP contribution is 2.38. The van der Waals surface area contributed by atoms with Gasteiger partial charge in [-0.15, -0.1) is 0 Å². The van der Waals surface area contributed by atoms with Crippen LogP contribution in [-0.4, -0.2) is 22.9 Å². The normalized spacial score (nSPS) is 11.2. The van der Waals surface area contributed by atoms with Crippen molar-refractivity contribution < 1.29 is 26.7 Å². The number of thioether (sulfide) groups is 1. The van der Waals surface area contributed by atoms with Crippen molar-refractivity contribution in [2.24, 2.45) is 0 Å². The molecule has 0 fully saturated rings. The molecule has 5 nitrogen and oxygen atoms in total. The van der Waals surface area contributed by atoms with Gasteiger partial charge in [0.2, 0.25) is 0 Å². The zero-order valence-corrected chi connectivity index (χ0v) is 18.3. The molecule has 0 bridgehead atoms. The van der Waals surface area contributed by atoms with Crippen LogP contribution in [0.15, 0.2) is 53.6 Å². The Morgan fingerprint density at radius 3 is 2.42 bits per heavy atom. The van der Waals surface area contributed by atoms with E-state index in [0.717, 1.165) is 18.2 Å². The number of nitrogens with one attached hydrogen (secondary N) is 3. The minimum atomic E-state index is -4.53. The van der Waals surface area contributed by atoms with E-state index >= 15 is 0 Å². The molecule has 3 aromatic rings. The molecule has 0 aliphatic rings. The Labute approximate surface area is 190 Å². The summed E-state index contributed by atoms with van der Waals surface area (Å²) in [6.45, 7) is 3.78. The van der Waals surface area contributed by atoms with Crippen LogP contribution in [0.5, 0.6) is 0 Å². The minimum absolute atomic E-state index is 0.0911. The lowest BCUT2D eigenvalue weighted by Crippen LogP contribution is -2.24. The Morgan fingerprint density at radius 1 is 1.03 bits per heavy atom. The van der Waals surface area contributed by atoms with Crippen LogP contribution in [0, 0.1) is 18.6 Å². The number of carbonyl (C=O) groups is 1. The molecule has 174 valence electrons. The van der Waals surface area contributed by atoms with E-state index in [1.54, 1.807) is 19.9 Å². The van der Waals surface area contributed by atoms with E-state index in [4.69, 9.17) is 0 Å². The maximum absolute atomic E-state index is 14.3. The summed E-state index contributed by atoms with van der Waals surface area (Å²) in [5.41, 5.74) is -3.24. The van der Waals surface area contributed by atoms with Crippen molar-refractivity contribution in [1.29, 1.82) is 0 Å². The Kier molecular flexibility index (Phi) is 7.42. The van der Waals surface area contributed by atoms with E-state index in [2.05, 4.69) is 20.9 Å². The highest BCUT2D eigenvalue weighted by Gasteiger charge is 2.29. The summed E-state index contributed by atoms with van der Waals surface area (Å²) in [5.74, 6) is -1.69. The second-order valence-electron chi connectivity index (χ2n) is 6.94. The molecular formula is C22H19F5N4OS. The monoisotopic (exact) mass is 482 g/mol. The largest absolute Gasteiger partial charge is 0.446 e. The summed E-state index contributed by atoms with van der Waals surface area (Å²) in [4.78, 5) is 16.5. The predicted molar refractivity (Wildman–Crippen MR) is 118 cm³/mol. The van der Waals surface area contributed by atoms with Gasteiger partial charge in [-0.1, -0.05) is 0 Å². The number of nitrogens with zero attached hydrogens (tertiary/aromatic N) is 1. The Hall–Kier alpha value is -3.34. The molecule has 3 rings (SSSR count). The lowest BCUT2D eigenvalue weighted by Gasteiger charge is -2.15. The zero-order chi connectivity index (χ0) is 24.2. The number of halogens is 5. The SMILES string of the molecule is CCNC(=O)c1cc(Nc2ccc(SC(F)(F)F)cc2F)cnc1Nc1cc(C)cc(F)c1. The van der Waals surface area contributed by atoms with Crippen LogP contribution in [0.1, 0.15) is 22.8 Å². The number of carbonyl (C=O) groups excluding carboxylic acids is 1. The molecule has 1 heterocycles. The van der Waals surface area contributed by atoms with Crippen LogP contribution in [0.4, 0.5) is 44.8 Å². The highest BCUT2D eigenvalue weighted by atomic mass is 32.2. The summed E-state index contributed by atoms with van der Waals surface area (Å²) >= 11 is -0.421. The molecule has 0 aliphatic carbocycles. The minimum Gasteiger partial charge on any atom is -0.352 e. The van der Waals surface area contributed by atoms with Gasteiger partial charge in [0.25, 0.3) is 5.91 Å². The average molecular weight is 482 g/mol. The third kappa shape index (κ3) is 6.82. The molecule has 2 aromatic carbocycles. The number of pyridine rings is 1. The standard InChI is InChI=1S/C22H19F5N4OS/c1-3-28-21(32)17-9-15(11-29-20(17)31-14-7-12(2)6-13(23)8-14)30-19-5-4-16(10-18(19)24)33-22(25,26)27/h4-11,30H,3H2,1-2H3,(H,28,32)(H,29,31). The second-order valence-corrected chi connectivity index (χ2v) is 8.07. The Balaban J connectivity index is 1.89. The number of alkyl halides is 3. The third-order valence-corrected chi connectivity index (χ3v) is 4.95. The van der Waals surface area contributed by atoms with Crippen molar-refractivity contribution in [3.05, 3.63) is 71.4 Å². The van der Waals surface area contributed by atoms with Gasteiger partial charge < -0.3 is 16.0 Å². The number of hydrogen-bond donors (Lipinski definition) is 3. The fourth-order valence-corrected chi connectivity index (χ4v) is 3.52. The van der Waals surface area contributed by atoms with Crippen molar-refractivity contribution in [2.45, 2.75) is 24.3 Å². The first-order valence-corrected chi connectivity index (χ1v) is 10.5. The van der Waals surface area contributed by atoms with Crippen LogP contribution >= 0.6 is 11.8 Å². The van der Waals surface area contributed by atoms with E-state index in [9.17, 15) is 26.7 Å². The molecule has 1 amide bonds. The number of benzene rings is 2. The number of aryl methyl sites for hydroxylation is 1.